The SMILES string of the molecule is Cc1cc(O)c(NC(=O)OC(C)(C)C)cc1Cl. The van der Waals surface area contributed by atoms with Gasteiger partial charge in [0, 0.05) is 5.02 Å². The average Bonchev–Trinajstić information content (AvgIpc) is 2.11. The van der Waals surface area contributed by atoms with Crippen molar-refractivity contribution in [3.63, 3.8) is 0 Å². The average molecular weight is 258 g/mol. The zero-order valence-corrected chi connectivity index (χ0v) is 11.1. The summed E-state index contributed by atoms with van der Waals surface area (Å²) in [6.07, 6.45) is -0.632. The fraction of sp³-hybridized carbons (Fsp3) is 0.417. The van der Waals surface area contributed by atoms with Gasteiger partial charge >= 0.3 is 6.09 Å². The molecule has 0 spiro atoms. The van der Waals surface area contributed by atoms with E-state index in [4.69, 9.17) is 16.3 Å². The third-order valence-corrected chi connectivity index (χ3v) is 2.32. The second kappa shape index (κ2) is 4.84. The van der Waals surface area contributed by atoms with Crippen LogP contribution in [0.5, 0.6) is 5.75 Å². The predicted molar refractivity (Wildman–Crippen MR) is 67.7 cm³/mol. The first-order valence-electron chi connectivity index (χ1n) is 5.18. The van der Waals surface area contributed by atoms with Crippen LogP contribution in [-0.4, -0.2) is 16.8 Å². The fourth-order valence-corrected chi connectivity index (χ4v) is 1.34. The molecule has 4 nitrogen and oxygen atoms in total. The number of phenolic OH excluding ortho intramolecular Hbond substituents is 1. The van der Waals surface area contributed by atoms with Crippen LogP contribution in [0, 0.1) is 6.92 Å². The summed E-state index contributed by atoms with van der Waals surface area (Å²) in [6, 6.07) is 2.96. The summed E-state index contributed by atoms with van der Waals surface area (Å²) in [5.41, 5.74) is 0.377. The minimum absolute atomic E-state index is 0.0437. The van der Waals surface area contributed by atoms with Crippen LogP contribution in [0.4, 0.5) is 10.5 Å². The number of rotatable bonds is 1. The number of phenols is 1. The monoisotopic (exact) mass is 257 g/mol. The number of carbonyl (C=O) groups is 1. The van der Waals surface area contributed by atoms with Gasteiger partial charge in [0.1, 0.15) is 11.4 Å². The largest absolute Gasteiger partial charge is 0.506 e. The Bertz CT molecular complexity index is 438. The number of aryl methyl sites for hydroxylation is 1. The molecule has 1 aromatic carbocycles. The molecule has 0 heterocycles. The third kappa shape index (κ3) is 4.15. The van der Waals surface area contributed by atoms with Crippen LogP contribution in [0.15, 0.2) is 12.1 Å². The molecule has 0 atom stereocenters. The number of amides is 1. The Morgan fingerprint density at radius 3 is 2.53 bits per heavy atom. The van der Waals surface area contributed by atoms with E-state index >= 15 is 0 Å². The van der Waals surface area contributed by atoms with Crippen LogP contribution in [0.2, 0.25) is 5.02 Å². The molecule has 17 heavy (non-hydrogen) atoms. The van der Waals surface area contributed by atoms with Crippen molar-refractivity contribution in [1.29, 1.82) is 0 Å². The number of hydrogen-bond donors (Lipinski definition) is 2. The highest BCUT2D eigenvalue weighted by atomic mass is 35.5. The van der Waals surface area contributed by atoms with Crippen molar-refractivity contribution in [3.05, 3.63) is 22.7 Å². The van der Waals surface area contributed by atoms with E-state index in [-0.39, 0.29) is 11.4 Å². The number of benzene rings is 1. The lowest BCUT2D eigenvalue weighted by atomic mass is 10.2. The first-order valence-corrected chi connectivity index (χ1v) is 5.56. The number of anilines is 1. The van der Waals surface area contributed by atoms with Crippen LogP contribution in [0.25, 0.3) is 0 Å². The molecule has 0 radical (unpaired) electrons. The lowest BCUT2D eigenvalue weighted by Gasteiger charge is -2.20. The first kappa shape index (κ1) is 13.6. The summed E-state index contributed by atoms with van der Waals surface area (Å²) in [5, 5.41) is 12.5. The summed E-state index contributed by atoms with van der Waals surface area (Å²) >= 11 is 5.90. The molecule has 1 aromatic rings. The van der Waals surface area contributed by atoms with Gasteiger partial charge in [-0.25, -0.2) is 4.79 Å². The van der Waals surface area contributed by atoms with E-state index < -0.39 is 11.7 Å². The van der Waals surface area contributed by atoms with Crippen LogP contribution in [0.3, 0.4) is 0 Å². The highest BCUT2D eigenvalue weighted by Gasteiger charge is 2.17. The Labute approximate surface area is 106 Å². The summed E-state index contributed by atoms with van der Waals surface area (Å²) in [7, 11) is 0. The Balaban J connectivity index is 2.82. The van der Waals surface area contributed by atoms with Crippen molar-refractivity contribution in [2.24, 2.45) is 0 Å². The fourth-order valence-electron chi connectivity index (χ4n) is 1.18. The zero-order valence-electron chi connectivity index (χ0n) is 10.3. The van der Waals surface area contributed by atoms with Gasteiger partial charge in [-0.1, -0.05) is 11.6 Å². The van der Waals surface area contributed by atoms with Crippen molar-refractivity contribution in [2.75, 3.05) is 5.32 Å². The first-order chi connectivity index (χ1) is 7.69. The molecule has 0 fully saturated rings. The topological polar surface area (TPSA) is 58.6 Å². The molecule has 1 rings (SSSR count). The van der Waals surface area contributed by atoms with Crippen molar-refractivity contribution < 1.29 is 14.6 Å². The smallest absolute Gasteiger partial charge is 0.412 e. The normalized spacial score (nSPS) is 11.1. The van der Waals surface area contributed by atoms with Gasteiger partial charge in [0.2, 0.25) is 0 Å². The molecule has 0 aliphatic carbocycles. The molecule has 0 aromatic heterocycles. The summed E-state index contributed by atoms with van der Waals surface area (Å²) < 4.78 is 5.06. The van der Waals surface area contributed by atoms with Crippen molar-refractivity contribution in [1.82, 2.24) is 0 Å². The van der Waals surface area contributed by atoms with Gasteiger partial charge in [0.25, 0.3) is 0 Å². The van der Waals surface area contributed by atoms with E-state index in [1.54, 1.807) is 27.7 Å². The van der Waals surface area contributed by atoms with Crippen molar-refractivity contribution >= 4 is 23.4 Å². The highest BCUT2D eigenvalue weighted by Crippen LogP contribution is 2.30. The second-order valence-corrected chi connectivity index (χ2v) is 5.15. The molecule has 0 aliphatic heterocycles. The molecule has 0 saturated carbocycles. The molecular formula is C12H16ClNO3. The van der Waals surface area contributed by atoms with Gasteiger partial charge in [-0.05, 0) is 45.4 Å². The maximum absolute atomic E-state index is 11.5. The highest BCUT2D eigenvalue weighted by molar-refractivity contribution is 6.31. The molecule has 2 N–H and O–H groups in total. The van der Waals surface area contributed by atoms with Gasteiger partial charge in [-0.15, -0.1) is 0 Å². The number of hydrogen-bond acceptors (Lipinski definition) is 3. The van der Waals surface area contributed by atoms with Gasteiger partial charge in [-0.3, -0.25) is 5.32 Å². The van der Waals surface area contributed by atoms with Crippen LogP contribution >= 0.6 is 11.6 Å². The number of nitrogens with one attached hydrogen (secondary N) is 1. The Kier molecular flexibility index (Phi) is 3.88. The quantitative estimate of drug-likeness (QED) is 0.754. The van der Waals surface area contributed by atoms with E-state index in [1.807, 2.05) is 0 Å². The lowest BCUT2D eigenvalue weighted by molar-refractivity contribution is 0.0635. The molecule has 94 valence electrons. The Hall–Kier alpha value is -1.42. The van der Waals surface area contributed by atoms with E-state index in [0.717, 1.165) is 5.56 Å². The number of aromatic hydroxyl groups is 1. The minimum Gasteiger partial charge on any atom is -0.506 e. The maximum atomic E-state index is 11.5. The molecule has 1 amide bonds. The van der Waals surface area contributed by atoms with Gasteiger partial charge in [-0.2, -0.15) is 0 Å². The predicted octanol–water partition coefficient (Wildman–Crippen LogP) is 3.70. The van der Waals surface area contributed by atoms with Gasteiger partial charge in [0.15, 0.2) is 0 Å². The van der Waals surface area contributed by atoms with Gasteiger partial charge in [0.05, 0.1) is 5.69 Å². The zero-order chi connectivity index (χ0) is 13.2. The Morgan fingerprint density at radius 2 is 2.00 bits per heavy atom. The van der Waals surface area contributed by atoms with Crippen LogP contribution in [-0.2, 0) is 4.74 Å². The van der Waals surface area contributed by atoms with E-state index in [1.165, 1.54) is 12.1 Å². The number of halogens is 1. The summed E-state index contributed by atoms with van der Waals surface area (Å²) in [5.74, 6) is -0.0437. The second-order valence-electron chi connectivity index (χ2n) is 4.75. The number of ether oxygens (including phenoxy) is 1. The van der Waals surface area contributed by atoms with Crippen LogP contribution < -0.4 is 5.32 Å². The molecule has 0 saturated heterocycles. The minimum atomic E-state index is -0.632. The van der Waals surface area contributed by atoms with E-state index in [2.05, 4.69) is 5.32 Å². The molecule has 0 unspecified atom stereocenters. The molecule has 0 aliphatic rings. The Morgan fingerprint density at radius 1 is 1.41 bits per heavy atom. The maximum Gasteiger partial charge on any atom is 0.412 e. The standard InChI is InChI=1S/C12H16ClNO3/c1-7-5-10(15)9(6-8(7)13)14-11(16)17-12(2,3)4/h5-6,15H,1-4H3,(H,14,16). The van der Waals surface area contributed by atoms with E-state index in [0.29, 0.717) is 5.02 Å². The van der Waals surface area contributed by atoms with Crippen LogP contribution in [0.1, 0.15) is 26.3 Å². The number of carbonyl (C=O) groups excluding carboxylic acids is 1. The lowest BCUT2D eigenvalue weighted by Crippen LogP contribution is -2.27. The molecule has 5 heteroatoms. The van der Waals surface area contributed by atoms with E-state index in [9.17, 15) is 9.90 Å². The van der Waals surface area contributed by atoms with Crippen molar-refractivity contribution in [2.45, 2.75) is 33.3 Å². The third-order valence-electron chi connectivity index (χ3n) is 1.91. The summed E-state index contributed by atoms with van der Waals surface area (Å²) in [6.45, 7) is 7.04. The molecular weight excluding hydrogens is 242 g/mol. The van der Waals surface area contributed by atoms with Crippen molar-refractivity contribution in [3.8, 4) is 5.75 Å². The van der Waals surface area contributed by atoms with Gasteiger partial charge < -0.3 is 9.84 Å². The summed E-state index contributed by atoms with van der Waals surface area (Å²) in [4.78, 5) is 11.5. The molecule has 0 bridgehead atoms.